The number of rotatable bonds is 8. The van der Waals surface area contributed by atoms with Crippen molar-refractivity contribution >= 4 is 18.0 Å². The van der Waals surface area contributed by atoms with Crippen molar-refractivity contribution in [3.8, 4) is 0 Å². The largest absolute Gasteiger partial charge is 0.458 e. The van der Waals surface area contributed by atoms with E-state index in [1.165, 1.54) is 24.2 Å². The van der Waals surface area contributed by atoms with Gasteiger partial charge in [0.2, 0.25) is 5.91 Å². The van der Waals surface area contributed by atoms with Crippen LogP contribution in [-0.2, 0) is 23.8 Å². The number of nitrogens with one attached hydrogen (secondary N) is 2. The summed E-state index contributed by atoms with van der Waals surface area (Å²) >= 11 is 0. The number of nitrogens with zero attached hydrogens (tertiary/aromatic N) is 1. The second kappa shape index (κ2) is 12.0. The van der Waals surface area contributed by atoms with Gasteiger partial charge in [-0.2, -0.15) is 0 Å². The maximum atomic E-state index is 13.9. The van der Waals surface area contributed by atoms with Gasteiger partial charge < -0.3 is 24.8 Å². The predicted octanol–water partition coefficient (Wildman–Crippen LogP) is 4.48. The van der Waals surface area contributed by atoms with E-state index in [9.17, 15) is 14.4 Å². The summed E-state index contributed by atoms with van der Waals surface area (Å²) in [7, 11) is 0. The summed E-state index contributed by atoms with van der Waals surface area (Å²) in [5, 5.41) is 6.70. The summed E-state index contributed by atoms with van der Waals surface area (Å²) in [6.07, 6.45) is 9.16. The number of fused-ring (bicyclic) bond motifs is 1. The Hall–Kier alpha value is -2.13. The van der Waals surface area contributed by atoms with E-state index in [2.05, 4.69) is 17.2 Å². The van der Waals surface area contributed by atoms with Crippen LogP contribution in [0.3, 0.4) is 0 Å². The van der Waals surface area contributed by atoms with Gasteiger partial charge in [-0.1, -0.05) is 18.9 Å². The van der Waals surface area contributed by atoms with E-state index in [0.717, 1.165) is 32.2 Å². The maximum absolute atomic E-state index is 13.9. The second-order valence-electron chi connectivity index (χ2n) is 14.2. The normalized spacial score (nSPS) is 34.0. The van der Waals surface area contributed by atoms with Crippen LogP contribution in [0.2, 0.25) is 0 Å². The number of carbonyl (C=O) groups is 3. The molecule has 2 aliphatic heterocycles. The van der Waals surface area contributed by atoms with Gasteiger partial charge in [-0.15, -0.1) is 6.58 Å². The number of likely N-dealkylation sites (tertiary alicyclic amines) is 1. The molecular weight excluding hydrogens is 510 g/mol. The van der Waals surface area contributed by atoms with Crippen molar-refractivity contribution in [2.75, 3.05) is 13.1 Å². The van der Waals surface area contributed by atoms with Crippen molar-refractivity contribution < 1.29 is 28.6 Å². The van der Waals surface area contributed by atoms with Crippen molar-refractivity contribution in [2.24, 2.45) is 11.8 Å². The first-order valence-corrected chi connectivity index (χ1v) is 15.3. The predicted molar refractivity (Wildman–Crippen MR) is 153 cm³/mol. The zero-order chi connectivity index (χ0) is 29.3. The first kappa shape index (κ1) is 30.8. The van der Waals surface area contributed by atoms with Gasteiger partial charge in [-0.3, -0.25) is 9.69 Å². The van der Waals surface area contributed by atoms with Crippen LogP contribution < -0.4 is 10.6 Å². The number of ether oxygens (including phenoxy) is 3. The molecule has 2 heterocycles. The van der Waals surface area contributed by atoms with E-state index >= 15 is 0 Å². The quantitative estimate of drug-likeness (QED) is 0.332. The van der Waals surface area contributed by atoms with E-state index in [1.54, 1.807) is 0 Å². The molecule has 0 radical (unpaired) electrons. The summed E-state index contributed by atoms with van der Waals surface area (Å²) < 4.78 is 18.1. The number of hydrogen-bond donors (Lipinski definition) is 2. The number of esters is 1. The highest BCUT2D eigenvalue weighted by Crippen LogP contribution is 2.48. The third kappa shape index (κ3) is 7.38. The fourth-order valence-electron chi connectivity index (χ4n) is 6.69. The van der Waals surface area contributed by atoms with Crippen LogP contribution in [0.1, 0.15) is 99.3 Å². The molecule has 0 aromatic heterocycles. The van der Waals surface area contributed by atoms with Crippen LogP contribution in [0, 0.1) is 11.8 Å². The summed E-state index contributed by atoms with van der Waals surface area (Å²) in [4.78, 5) is 42.0. The Morgan fingerprint density at radius 3 is 2.42 bits per heavy atom. The van der Waals surface area contributed by atoms with E-state index in [0.29, 0.717) is 24.8 Å². The summed E-state index contributed by atoms with van der Waals surface area (Å²) in [6, 6.07) is -0.310. The molecule has 4 fully saturated rings. The van der Waals surface area contributed by atoms with E-state index < -0.39 is 34.8 Å². The molecule has 40 heavy (non-hydrogen) atoms. The smallest absolute Gasteiger partial charge is 0.411 e. The van der Waals surface area contributed by atoms with Gasteiger partial charge >= 0.3 is 12.1 Å². The van der Waals surface area contributed by atoms with E-state index in [-0.39, 0.29) is 30.6 Å². The zero-order valence-corrected chi connectivity index (χ0v) is 25.4. The topological polar surface area (TPSA) is 106 Å². The lowest BCUT2D eigenvalue weighted by molar-refractivity contribution is -0.161. The third-order valence-corrected chi connectivity index (χ3v) is 8.63. The molecule has 4 aliphatic rings. The van der Waals surface area contributed by atoms with Gasteiger partial charge in [0.1, 0.15) is 22.8 Å². The molecule has 0 spiro atoms. The lowest BCUT2D eigenvalue weighted by atomic mass is 9.77. The Balaban J connectivity index is 1.50. The van der Waals surface area contributed by atoms with E-state index in [4.69, 9.17) is 14.2 Å². The van der Waals surface area contributed by atoms with Crippen LogP contribution in [0.4, 0.5) is 4.79 Å². The summed E-state index contributed by atoms with van der Waals surface area (Å²) in [5.74, 6) is -0.358. The molecule has 2 saturated heterocycles. The van der Waals surface area contributed by atoms with Gasteiger partial charge in [0.05, 0.1) is 18.8 Å². The zero-order valence-electron chi connectivity index (χ0n) is 25.4. The number of piperidine rings is 1. The van der Waals surface area contributed by atoms with Crippen LogP contribution in [0.15, 0.2) is 12.7 Å². The third-order valence-electron chi connectivity index (χ3n) is 8.63. The van der Waals surface area contributed by atoms with Gasteiger partial charge in [0.25, 0.3) is 0 Å². The lowest BCUT2D eigenvalue weighted by Gasteiger charge is -2.42. The first-order chi connectivity index (χ1) is 18.7. The second-order valence-corrected chi connectivity index (χ2v) is 14.2. The summed E-state index contributed by atoms with van der Waals surface area (Å²) in [5.41, 5.74) is -2.47. The Morgan fingerprint density at radius 1 is 1.05 bits per heavy atom. The highest BCUT2D eigenvalue weighted by molar-refractivity contribution is 5.94. The highest BCUT2D eigenvalue weighted by atomic mass is 16.6. The molecule has 226 valence electrons. The standard InChI is InChI=1S/C31H51N3O6/c1-8-9-12-20-18-31(20,27(36)39-29(2,3)4)33-26(35)24-17-21(19-34(24)28(37)40-30(5,6)7)38-25-15-16-32-23-14-11-10-13-22(23)25/h8,20-25,32H,1,9-19H2,2-7H3,(H,33,35)/t20-,21?,22?,23?,24+,25?,31-/m1/s1. The number of carbonyl (C=O) groups excluding carboxylic acids is 3. The minimum Gasteiger partial charge on any atom is -0.458 e. The average Bonchev–Trinajstić information content (AvgIpc) is 3.38. The molecular formula is C31H51N3O6. The molecule has 9 heteroatoms. The molecule has 0 aromatic rings. The number of amides is 2. The molecule has 2 amide bonds. The maximum Gasteiger partial charge on any atom is 0.411 e. The minimum absolute atomic E-state index is 0.0364. The fraction of sp³-hybridized carbons (Fsp3) is 0.839. The van der Waals surface area contributed by atoms with Crippen LogP contribution in [0.25, 0.3) is 0 Å². The molecule has 2 aliphatic carbocycles. The van der Waals surface area contributed by atoms with Gasteiger partial charge in [0.15, 0.2) is 0 Å². The number of allylic oxidation sites excluding steroid dienone is 1. The number of hydrogen-bond acceptors (Lipinski definition) is 7. The molecule has 7 atom stereocenters. The SMILES string of the molecule is C=CCC[C@@H]1C[C@]1(NC(=O)[C@@H]1CC(OC2CCNC3CCCCC32)CN1C(=O)OC(C)(C)C)C(=O)OC(C)(C)C. The molecule has 4 unspecified atom stereocenters. The molecule has 0 aromatic carbocycles. The van der Waals surface area contributed by atoms with Crippen LogP contribution in [0.5, 0.6) is 0 Å². The lowest BCUT2D eigenvalue weighted by Crippen LogP contribution is -2.54. The average molecular weight is 562 g/mol. The Labute approximate surface area is 240 Å². The first-order valence-electron chi connectivity index (χ1n) is 15.3. The van der Waals surface area contributed by atoms with Crippen molar-refractivity contribution in [3.05, 3.63) is 12.7 Å². The molecule has 4 rings (SSSR count). The van der Waals surface area contributed by atoms with Gasteiger partial charge in [0, 0.05) is 18.4 Å². The Bertz CT molecular complexity index is 954. The summed E-state index contributed by atoms with van der Waals surface area (Å²) in [6.45, 7) is 15.9. The van der Waals surface area contributed by atoms with Crippen LogP contribution in [-0.4, -0.2) is 77.0 Å². The minimum atomic E-state index is -1.09. The van der Waals surface area contributed by atoms with Crippen LogP contribution >= 0.6 is 0 Å². The van der Waals surface area contributed by atoms with E-state index in [1.807, 2.05) is 47.6 Å². The van der Waals surface area contributed by atoms with Gasteiger partial charge in [-0.25, -0.2) is 9.59 Å². The Kier molecular flexibility index (Phi) is 9.25. The molecule has 0 bridgehead atoms. The fourth-order valence-corrected chi connectivity index (χ4v) is 6.69. The Morgan fingerprint density at radius 2 is 1.75 bits per heavy atom. The molecule has 2 N–H and O–H groups in total. The van der Waals surface area contributed by atoms with Crippen molar-refractivity contribution in [1.29, 1.82) is 0 Å². The van der Waals surface area contributed by atoms with Crippen molar-refractivity contribution in [3.63, 3.8) is 0 Å². The van der Waals surface area contributed by atoms with Gasteiger partial charge in [-0.05, 0) is 92.5 Å². The monoisotopic (exact) mass is 561 g/mol. The van der Waals surface area contributed by atoms with Crippen molar-refractivity contribution in [2.45, 2.75) is 140 Å². The van der Waals surface area contributed by atoms with Crippen molar-refractivity contribution in [1.82, 2.24) is 15.5 Å². The highest BCUT2D eigenvalue weighted by Gasteiger charge is 2.63. The molecule has 2 saturated carbocycles. The molecule has 9 nitrogen and oxygen atoms in total.